The quantitative estimate of drug-likeness (QED) is 0.855. The number of hydrogen-bond acceptors (Lipinski definition) is 5. The van der Waals surface area contributed by atoms with Gasteiger partial charge in [-0.25, -0.2) is 4.39 Å². The molecular formula is C15H11FNO4S-. The van der Waals surface area contributed by atoms with Gasteiger partial charge in [-0.05, 0) is 30.3 Å². The van der Waals surface area contributed by atoms with Crippen LogP contribution in [0.15, 0.2) is 47.3 Å². The monoisotopic (exact) mass is 320 g/mol. The minimum atomic E-state index is -1.31. The summed E-state index contributed by atoms with van der Waals surface area (Å²) in [5.74, 6) is -2.03. The van der Waals surface area contributed by atoms with Crippen molar-refractivity contribution in [3.05, 3.63) is 59.8 Å². The molecule has 3 rings (SSSR count). The van der Waals surface area contributed by atoms with Crippen molar-refractivity contribution in [1.82, 2.24) is 4.90 Å². The molecule has 0 N–H and O–H groups in total. The van der Waals surface area contributed by atoms with Crippen LogP contribution in [-0.2, 0) is 4.79 Å². The van der Waals surface area contributed by atoms with Crippen LogP contribution in [0.1, 0.15) is 21.3 Å². The molecule has 1 aromatic carbocycles. The summed E-state index contributed by atoms with van der Waals surface area (Å²) in [7, 11) is 0. The van der Waals surface area contributed by atoms with Crippen LogP contribution >= 0.6 is 11.8 Å². The summed E-state index contributed by atoms with van der Waals surface area (Å²) >= 11 is 1.32. The Morgan fingerprint density at radius 2 is 2.00 bits per heavy atom. The van der Waals surface area contributed by atoms with Crippen LogP contribution in [-0.4, -0.2) is 28.6 Å². The first-order chi connectivity index (χ1) is 10.6. The molecule has 2 heterocycles. The summed E-state index contributed by atoms with van der Waals surface area (Å²) in [6.45, 7) is 0. The molecule has 1 aliphatic heterocycles. The van der Waals surface area contributed by atoms with Crippen molar-refractivity contribution < 1.29 is 23.5 Å². The Morgan fingerprint density at radius 1 is 1.27 bits per heavy atom. The fourth-order valence-corrected chi connectivity index (χ4v) is 3.74. The molecule has 0 bridgehead atoms. The molecule has 7 heteroatoms. The Hall–Kier alpha value is -2.28. The number of furan rings is 1. The van der Waals surface area contributed by atoms with E-state index in [4.69, 9.17) is 4.42 Å². The Kier molecular flexibility index (Phi) is 3.89. The number of aliphatic carboxylic acids is 1. The summed E-state index contributed by atoms with van der Waals surface area (Å²) in [6, 6.07) is 5.63. The minimum absolute atomic E-state index is 0.226. The molecule has 5 nitrogen and oxygen atoms in total. The number of carbonyl (C=O) groups is 2. The number of halogens is 1. The number of carbonyl (C=O) groups excluding carboxylic acids is 2. The van der Waals surface area contributed by atoms with E-state index in [9.17, 15) is 19.1 Å². The number of benzene rings is 1. The lowest BCUT2D eigenvalue weighted by molar-refractivity contribution is -0.310. The summed E-state index contributed by atoms with van der Waals surface area (Å²) in [5, 5.41) is 10.8. The number of hydrogen-bond donors (Lipinski definition) is 0. The fourth-order valence-electron chi connectivity index (χ4n) is 2.35. The van der Waals surface area contributed by atoms with E-state index in [0.717, 1.165) is 12.1 Å². The van der Waals surface area contributed by atoms with Crippen molar-refractivity contribution in [2.75, 3.05) is 5.75 Å². The molecule has 1 amide bonds. The van der Waals surface area contributed by atoms with E-state index in [0.29, 0.717) is 5.56 Å². The van der Waals surface area contributed by atoms with Gasteiger partial charge >= 0.3 is 0 Å². The lowest BCUT2D eigenvalue weighted by Gasteiger charge is -2.29. The van der Waals surface area contributed by atoms with Gasteiger partial charge in [0.05, 0.1) is 24.5 Å². The van der Waals surface area contributed by atoms with E-state index < -0.39 is 29.1 Å². The van der Waals surface area contributed by atoms with Crippen molar-refractivity contribution in [1.29, 1.82) is 0 Å². The zero-order valence-electron chi connectivity index (χ0n) is 11.3. The predicted molar refractivity (Wildman–Crippen MR) is 75.3 cm³/mol. The molecule has 1 aliphatic rings. The third-order valence-electron chi connectivity index (χ3n) is 3.43. The molecule has 2 aromatic rings. The minimum Gasteiger partial charge on any atom is -0.548 e. The highest BCUT2D eigenvalue weighted by Gasteiger charge is 2.40. The average molecular weight is 320 g/mol. The highest BCUT2D eigenvalue weighted by atomic mass is 32.2. The highest BCUT2D eigenvalue weighted by molar-refractivity contribution is 7.99. The maximum absolute atomic E-state index is 13.0. The van der Waals surface area contributed by atoms with Crippen LogP contribution in [0.2, 0.25) is 0 Å². The SMILES string of the molecule is O=C([O-])[C@@H]1CS[C@H](c2ccoc2)N1C(=O)c1ccc(F)cc1. The summed E-state index contributed by atoms with van der Waals surface area (Å²) in [6.07, 6.45) is 2.93. The summed E-state index contributed by atoms with van der Waals surface area (Å²) in [4.78, 5) is 25.2. The number of nitrogens with zero attached hydrogens (tertiary/aromatic N) is 1. The molecule has 2 atom stereocenters. The zero-order chi connectivity index (χ0) is 15.7. The molecule has 114 valence electrons. The smallest absolute Gasteiger partial charge is 0.255 e. The predicted octanol–water partition coefficient (Wildman–Crippen LogP) is 1.43. The highest BCUT2D eigenvalue weighted by Crippen LogP contribution is 2.42. The van der Waals surface area contributed by atoms with E-state index in [2.05, 4.69) is 0 Å². The molecular weight excluding hydrogens is 309 g/mol. The van der Waals surface area contributed by atoms with Gasteiger partial charge in [0.25, 0.3) is 5.91 Å². The van der Waals surface area contributed by atoms with Crippen LogP contribution in [0.4, 0.5) is 4.39 Å². The maximum Gasteiger partial charge on any atom is 0.255 e. The first-order valence-electron chi connectivity index (χ1n) is 6.50. The second-order valence-corrected chi connectivity index (χ2v) is 5.91. The lowest BCUT2D eigenvalue weighted by atomic mass is 10.1. The third-order valence-corrected chi connectivity index (χ3v) is 4.75. The molecule has 1 aromatic heterocycles. The van der Waals surface area contributed by atoms with Crippen LogP contribution in [0.25, 0.3) is 0 Å². The third kappa shape index (κ3) is 2.59. The van der Waals surface area contributed by atoms with Gasteiger partial charge < -0.3 is 19.2 Å². The lowest BCUT2D eigenvalue weighted by Crippen LogP contribution is -2.49. The van der Waals surface area contributed by atoms with Gasteiger partial charge in [-0.2, -0.15) is 0 Å². The topological polar surface area (TPSA) is 73.6 Å². The van der Waals surface area contributed by atoms with Crippen LogP contribution in [0.5, 0.6) is 0 Å². The van der Waals surface area contributed by atoms with Gasteiger partial charge in [-0.3, -0.25) is 4.79 Å². The van der Waals surface area contributed by atoms with E-state index >= 15 is 0 Å². The standard InChI is InChI=1S/C15H12FNO4S/c16-11-3-1-9(2-4-11)13(18)17-12(15(19)20)8-22-14(17)10-5-6-21-7-10/h1-7,12,14H,8H2,(H,19,20)/p-1/t12-,14+/m0/s1. The number of carboxylic acids is 1. The Balaban J connectivity index is 1.96. The first-order valence-corrected chi connectivity index (χ1v) is 7.55. The maximum atomic E-state index is 13.0. The average Bonchev–Trinajstić information content (AvgIpc) is 3.16. The number of carboxylic acid groups (broad SMARTS) is 1. The largest absolute Gasteiger partial charge is 0.548 e. The molecule has 0 radical (unpaired) electrons. The van der Waals surface area contributed by atoms with E-state index in [1.165, 1.54) is 41.3 Å². The molecule has 22 heavy (non-hydrogen) atoms. The Bertz CT molecular complexity index is 686. The van der Waals surface area contributed by atoms with E-state index in [1.807, 2.05) is 0 Å². The summed E-state index contributed by atoms with van der Waals surface area (Å²) < 4.78 is 18.0. The van der Waals surface area contributed by atoms with Crippen molar-refractivity contribution in [2.24, 2.45) is 0 Å². The van der Waals surface area contributed by atoms with Crippen molar-refractivity contribution in [3.8, 4) is 0 Å². The zero-order valence-corrected chi connectivity index (χ0v) is 12.1. The van der Waals surface area contributed by atoms with Gasteiger partial charge in [0.2, 0.25) is 0 Å². The Morgan fingerprint density at radius 3 is 2.59 bits per heavy atom. The van der Waals surface area contributed by atoms with Crippen molar-refractivity contribution >= 4 is 23.6 Å². The number of rotatable bonds is 3. The number of thioether (sulfide) groups is 1. The summed E-state index contributed by atoms with van der Waals surface area (Å²) in [5.41, 5.74) is 0.924. The molecule has 0 saturated carbocycles. The molecule has 1 saturated heterocycles. The molecule has 1 fully saturated rings. The Labute approximate surface area is 129 Å². The van der Waals surface area contributed by atoms with E-state index in [1.54, 1.807) is 6.07 Å². The van der Waals surface area contributed by atoms with Crippen molar-refractivity contribution in [3.63, 3.8) is 0 Å². The second-order valence-electron chi connectivity index (χ2n) is 4.80. The van der Waals surface area contributed by atoms with Crippen LogP contribution in [0, 0.1) is 5.82 Å². The number of amides is 1. The fraction of sp³-hybridized carbons (Fsp3) is 0.200. The van der Waals surface area contributed by atoms with Gasteiger partial charge in [0.1, 0.15) is 11.2 Å². The van der Waals surface area contributed by atoms with Gasteiger partial charge in [-0.1, -0.05) is 0 Å². The normalized spacial score (nSPS) is 21.0. The second kappa shape index (κ2) is 5.84. The van der Waals surface area contributed by atoms with Gasteiger partial charge in [0.15, 0.2) is 0 Å². The van der Waals surface area contributed by atoms with Crippen molar-refractivity contribution in [2.45, 2.75) is 11.4 Å². The first kappa shape index (κ1) is 14.6. The molecule has 0 spiro atoms. The van der Waals surface area contributed by atoms with Crippen LogP contribution < -0.4 is 5.11 Å². The molecule has 0 aliphatic carbocycles. The van der Waals surface area contributed by atoms with Gasteiger partial charge in [-0.15, -0.1) is 11.8 Å². The molecule has 0 unspecified atom stereocenters. The van der Waals surface area contributed by atoms with Crippen LogP contribution in [0.3, 0.4) is 0 Å². The van der Waals surface area contributed by atoms with Gasteiger partial charge in [0, 0.05) is 16.9 Å². The van der Waals surface area contributed by atoms with E-state index in [-0.39, 0.29) is 11.3 Å².